The summed E-state index contributed by atoms with van der Waals surface area (Å²) < 4.78 is 4.23. The molecule has 0 N–H and O–H groups in total. The van der Waals surface area contributed by atoms with Crippen molar-refractivity contribution in [2.45, 2.75) is 19.9 Å². The predicted octanol–water partition coefficient (Wildman–Crippen LogP) is 0.484. The van der Waals surface area contributed by atoms with Crippen molar-refractivity contribution < 1.29 is 9.65 Å². The zero-order valence-electron chi connectivity index (χ0n) is 7.71. The summed E-state index contributed by atoms with van der Waals surface area (Å²) in [5.41, 5.74) is 0. The van der Waals surface area contributed by atoms with Gasteiger partial charge in [-0.2, -0.15) is 0 Å². The number of aromatic nitrogens is 2. The number of aryl methyl sites for hydroxylation is 2. The summed E-state index contributed by atoms with van der Waals surface area (Å²) in [7, 11) is 2.03. The third-order valence-electron chi connectivity index (χ3n) is 1.31. The van der Waals surface area contributed by atoms with Gasteiger partial charge in [-0.15, -0.1) is 0 Å². The summed E-state index contributed by atoms with van der Waals surface area (Å²) in [5.74, 6) is 0. The summed E-state index contributed by atoms with van der Waals surface area (Å²) in [4.78, 5) is 8.25. The lowest BCUT2D eigenvalue weighted by molar-refractivity contribution is -0.696. The van der Waals surface area contributed by atoms with Gasteiger partial charge < -0.3 is 15.3 Å². The Labute approximate surface area is 76.1 Å². The van der Waals surface area contributed by atoms with Gasteiger partial charge in [0.25, 0.3) is 0 Å². The number of hydrogen-bond acceptors (Lipinski definition) is 3. The zero-order valence-corrected chi connectivity index (χ0v) is 7.71. The highest BCUT2D eigenvalue weighted by Gasteiger charge is 1.94. The first-order chi connectivity index (χ1) is 6.06. The van der Waals surface area contributed by atoms with Gasteiger partial charge in [0.1, 0.15) is 12.4 Å². The summed E-state index contributed by atoms with van der Waals surface area (Å²) in [6, 6.07) is 0. The molecular weight excluding hydrogens is 174 g/mol. The van der Waals surface area contributed by atoms with E-state index < -0.39 is 5.09 Å². The quantitative estimate of drug-likeness (QED) is 0.384. The first-order valence-electron chi connectivity index (χ1n) is 3.88. The highest BCUT2D eigenvalue weighted by atomic mass is 16.9. The first kappa shape index (κ1) is 11.4. The van der Waals surface area contributed by atoms with Gasteiger partial charge in [-0.25, -0.2) is 9.13 Å². The van der Waals surface area contributed by atoms with Crippen LogP contribution >= 0.6 is 0 Å². The largest absolute Gasteiger partial charge is 0.356 e. The molecule has 1 aromatic heterocycles. The molecule has 1 heterocycles. The van der Waals surface area contributed by atoms with E-state index >= 15 is 0 Å². The lowest BCUT2D eigenvalue weighted by Gasteiger charge is -1.86. The van der Waals surface area contributed by atoms with Crippen molar-refractivity contribution in [3.8, 4) is 0 Å². The van der Waals surface area contributed by atoms with E-state index in [0.29, 0.717) is 0 Å². The van der Waals surface area contributed by atoms with Gasteiger partial charge in [0.05, 0.1) is 18.7 Å². The van der Waals surface area contributed by atoms with Crippen LogP contribution in [0.2, 0.25) is 0 Å². The van der Waals surface area contributed by atoms with Crippen LogP contribution in [0, 0.1) is 15.3 Å². The smallest absolute Gasteiger partial charge is 0.243 e. The van der Waals surface area contributed by atoms with Gasteiger partial charge in [-0.3, -0.25) is 0 Å². The molecule has 0 amide bonds. The molecule has 74 valence electrons. The van der Waals surface area contributed by atoms with Crippen LogP contribution in [0.5, 0.6) is 0 Å². The van der Waals surface area contributed by atoms with Crippen molar-refractivity contribution in [2.75, 3.05) is 0 Å². The maximum atomic E-state index is 8.25. The van der Waals surface area contributed by atoms with Gasteiger partial charge in [-0.05, 0) is 6.42 Å². The van der Waals surface area contributed by atoms with E-state index in [1.165, 1.54) is 6.42 Å². The fraction of sp³-hybridized carbons (Fsp3) is 0.571. The third kappa shape index (κ3) is 6.79. The summed E-state index contributed by atoms with van der Waals surface area (Å²) in [6.07, 6.45) is 7.43. The standard InChI is InChI=1S/C7H13N2.NO3/c1-3-4-9-6-5-8(2)7-9;2-1(3)4/h5-7H,3-4H2,1-2H3;/q+1;-1. The van der Waals surface area contributed by atoms with Gasteiger partial charge in [0.2, 0.25) is 6.33 Å². The molecule has 0 aromatic carbocycles. The Morgan fingerprint density at radius 1 is 1.54 bits per heavy atom. The molecule has 0 saturated carbocycles. The summed E-state index contributed by atoms with van der Waals surface area (Å²) >= 11 is 0. The van der Waals surface area contributed by atoms with Crippen molar-refractivity contribution in [1.82, 2.24) is 4.57 Å². The topological polar surface area (TPSA) is 75.0 Å². The van der Waals surface area contributed by atoms with Crippen molar-refractivity contribution >= 4 is 0 Å². The van der Waals surface area contributed by atoms with E-state index in [1.54, 1.807) is 0 Å². The number of hydrogen-bond donors (Lipinski definition) is 0. The van der Waals surface area contributed by atoms with Gasteiger partial charge in [0.15, 0.2) is 0 Å². The van der Waals surface area contributed by atoms with Crippen molar-refractivity contribution in [3.05, 3.63) is 34.0 Å². The van der Waals surface area contributed by atoms with Crippen molar-refractivity contribution in [1.29, 1.82) is 0 Å². The van der Waals surface area contributed by atoms with Crippen LogP contribution in [0.25, 0.3) is 0 Å². The molecule has 13 heavy (non-hydrogen) atoms. The molecule has 1 rings (SSSR count). The SMILES string of the molecule is CCC[n+]1ccn(C)c1.O=[N+]([O-])[O-]. The average Bonchev–Trinajstić information content (AvgIpc) is 2.35. The number of rotatable bonds is 2. The molecule has 0 bridgehead atoms. The molecule has 6 heteroatoms. The average molecular weight is 187 g/mol. The molecule has 0 unspecified atom stereocenters. The lowest BCUT2D eigenvalue weighted by Crippen LogP contribution is -2.30. The van der Waals surface area contributed by atoms with E-state index in [1.807, 2.05) is 7.05 Å². The molecule has 1 aromatic rings. The molecule has 0 radical (unpaired) electrons. The normalized spacial score (nSPS) is 8.77. The zero-order chi connectivity index (χ0) is 10.3. The second-order valence-electron chi connectivity index (χ2n) is 2.54. The Morgan fingerprint density at radius 3 is 2.38 bits per heavy atom. The Hall–Kier alpha value is -1.59. The second-order valence-corrected chi connectivity index (χ2v) is 2.54. The molecule has 6 nitrogen and oxygen atoms in total. The van der Waals surface area contributed by atoms with Crippen LogP contribution in [0.1, 0.15) is 13.3 Å². The van der Waals surface area contributed by atoms with Crippen LogP contribution in [-0.2, 0) is 13.6 Å². The summed E-state index contributed by atoms with van der Waals surface area (Å²) in [5, 5.41) is 14.8. The Bertz CT molecular complexity index is 255. The van der Waals surface area contributed by atoms with E-state index in [9.17, 15) is 0 Å². The molecule has 0 aliphatic heterocycles. The molecule has 0 spiro atoms. The highest BCUT2D eigenvalue weighted by Crippen LogP contribution is 1.78. The third-order valence-corrected chi connectivity index (χ3v) is 1.31. The minimum Gasteiger partial charge on any atom is -0.356 e. The molecule has 0 aliphatic carbocycles. The van der Waals surface area contributed by atoms with Crippen LogP contribution in [0.4, 0.5) is 0 Å². The van der Waals surface area contributed by atoms with Crippen molar-refractivity contribution in [3.63, 3.8) is 0 Å². The fourth-order valence-electron chi connectivity index (χ4n) is 0.892. The van der Waals surface area contributed by atoms with Gasteiger partial charge in [0, 0.05) is 0 Å². The molecule has 0 atom stereocenters. The fourth-order valence-corrected chi connectivity index (χ4v) is 0.892. The number of imidazole rings is 1. The molecule has 0 saturated heterocycles. The predicted molar refractivity (Wildman–Crippen MR) is 46.3 cm³/mol. The Balaban J connectivity index is 0.000000310. The lowest BCUT2D eigenvalue weighted by atomic mass is 10.5. The maximum absolute atomic E-state index is 8.25. The van der Waals surface area contributed by atoms with E-state index in [0.717, 1.165) is 6.54 Å². The van der Waals surface area contributed by atoms with Crippen LogP contribution in [0.15, 0.2) is 18.7 Å². The molecule has 0 fully saturated rings. The minimum atomic E-state index is -1.75. The van der Waals surface area contributed by atoms with E-state index in [-0.39, 0.29) is 0 Å². The highest BCUT2D eigenvalue weighted by molar-refractivity contribution is 4.61. The van der Waals surface area contributed by atoms with Crippen LogP contribution in [0.3, 0.4) is 0 Å². The Kier molecular flexibility index (Phi) is 5.25. The molecular formula is C7H13N3O3. The van der Waals surface area contributed by atoms with Gasteiger partial charge in [-0.1, -0.05) is 6.92 Å². The first-order valence-corrected chi connectivity index (χ1v) is 3.88. The van der Waals surface area contributed by atoms with E-state index in [2.05, 4.69) is 34.8 Å². The molecule has 0 aliphatic rings. The minimum absolute atomic E-state index is 1.13. The van der Waals surface area contributed by atoms with Crippen LogP contribution < -0.4 is 4.57 Å². The van der Waals surface area contributed by atoms with Gasteiger partial charge >= 0.3 is 0 Å². The van der Waals surface area contributed by atoms with E-state index in [4.69, 9.17) is 15.3 Å². The maximum Gasteiger partial charge on any atom is 0.243 e. The second kappa shape index (κ2) is 5.99. The Morgan fingerprint density at radius 2 is 2.08 bits per heavy atom. The summed E-state index contributed by atoms with van der Waals surface area (Å²) in [6.45, 7) is 3.31. The van der Waals surface area contributed by atoms with Crippen LogP contribution in [-0.4, -0.2) is 9.65 Å². The number of nitrogens with zero attached hydrogens (tertiary/aromatic N) is 3. The monoisotopic (exact) mass is 187 g/mol. The van der Waals surface area contributed by atoms with Crippen molar-refractivity contribution in [2.24, 2.45) is 7.05 Å².